The average Bonchev–Trinajstić information content (AvgIpc) is 3.28. The SMILES string of the molecule is C=C(C)C(=O)Oc1ccc(I)c(C(=O)OC2CC3OC2CC3C(=O)OCCS(=O)(=O)O)c1. The maximum Gasteiger partial charge on any atom is 0.339 e. The second-order valence-electron chi connectivity index (χ2n) is 7.50. The fourth-order valence-electron chi connectivity index (χ4n) is 3.46. The number of hydrogen-bond acceptors (Lipinski definition) is 9. The van der Waals surface area contributed by atoms with Crippen molar-refractivity contribution in [3.8, 4) is 5.75 Å². The van der Waals surface area contributed by atoms with E-state index in [0.717, 1.165) is 0 Å². The monoisotopic (exact) mass is 580 g/mol. The summed E-state index contributed by atoms with van der Waals surface area (Å²) in [4.78, 5) is 36.6. The smallest absolute Gasteiger partial charge is 0.339 e. The standard InChI is InChI=1S/C20H21IO10S/c1-10(2)18(22)29-11-3-4-14(21)12(7-11)20(24)31-17-9-15-13(8-16(17)30-15)19(23)28-5-6-32(25,26)27/h3-4,7,13,15-17H,1,5-6,8-9H2,2H3,(H,25,26,27). The highest BCUT2D eigenvalue weighted by Crippen LogP contribution is 2.41. The zero-order chi connectivity index (χ0) is 23.6. The zero-order valence-corrected chi connectivity index (χ0v) is 20.0. The van der Waals surface area contributed by atoms with E-state index in [9.17, 15) is 22.8 Å². The lowest BCUT2D eigenvalue weighted by Gasteiger charge is -2.23. The molecule has 2 saturated heterocycles. The van der Waals surface area contributed by atoms with Gasteiger partial charge >= 0.3 is 17.9 Å². The molecule has 12 heteroatoms. The highest BCUT2D eigenvalue weighted by atomic mass is 127. The Hall–Kier alpha value is -2.03. The fraction of sp³-hybridized carbons (Fsp3) is 0.450. The molecule has 2 aliphatic heterocycles. The second-order valence-corrected chi connectivity index (χ2v) is 10.2. The van der Waals surface area contributed by atoms with Gasteiger partial charge in [0.15, 0.2) is 0 Å². The number of benzene rings is 1. The molecule has 4 atom stereocenters. The van der Waals surface area contributed by atoms with Gasteiger partial charge in [0.1, 0.15) is 24.2 Å². The van der Waals surface area contributed by atoms with E-state index in [2.05, 4.69) is 6.58 Å². The van der Waals surface area contributed by atoms with Crippen molar-refractivity contribution >= 4 is 50.6 Å². The van der Waals surface area contributed by atoms with Crippen LogP contribution in [-0.2, 0) is 33.9 Å². The molecular formula is C20H21IO10S. The van der Waals surface area contributed by atoms with Gasteiger partial charge in [-0.3, -0.25) is 9.35 Å². The van der Waals surface area contributed by atoms with Gasteiger partial charge in [-0.1, -0.05) is 6.58 Å². The van der Waals surface area contributed by atoms with Gasteiger partial charge in [0.25, 0.3) is 10.1 Å². The predicted molar refractivity (Wildman–Crippen MR) is 118 cm³/mol. The molecule has 0 saturated carbocycles. The van der Waals surface area contributed by atoms with Crippen LogP contribution < -0.4 is 4.74 Å². The summed E-state index contributed by atoms with van der Waals surface area (Å²) < 4.78 is 52.1. The minimum Gasteiger partial charge on any atom is -0.464 e. The maximum absolute atomic E-state index is 12.7. The lowest BCUT2D eigenvalue weighted by molar-refractivity contribution is -0.149. The first-order valence-electron chi connectivity index (χ1n) is 9.60. The molecular weight excluding hydrogens is 559 g/mol. The molecule has 32 heavy (non-hydrogen) atoms. The van der Waals surface area contributed by atoms with Crippen molar-refractivity contribution in [2.24, 2.45) is 5.92 Å². The van der Waals surface area contributed by atoms with Crippen molar-refractivity contribution in [3.05, 3.63) is 39.5 Å². The molecule has 2 heterocycles. The van der Waals surface area contributed by atoms with Crippen LogP contribution in [-0.4, -0.2) is 61.6 Å². The first-order valence-corrected chi connectivity index (χ1v) is 12.3. The number of hydrogen-bond donors (Lipinski definition) is 1. The molecule has 10 nitrogen and oxygen atoms in total. The number of fused-ring (bicyclic) bond motifs is 2. The molecule has 2 bridgehead atoms. The average molecular weight is 580 g/mol. The van der Waals surface area contributed by atoms with E-state index < -0.39 is 64.6 Å². The molecule has 0 aliphatic carbocycles. The van der Waals surface area contributed by atoms with E-state index in [1.165, 1.54) is 13.0 Å². The van der Waals surface area contributed by atoms with E-state index in [0.29, 0.717) is 3.57 Å². The number of esters is 3. The molecule has 0 amide bonds. The summed E-state index contributed by atoms with van der Waals surface area (Å²) in [5, 5.41) is 0. The summed E-state index contributed by atoms with van der Waals surface area (Å²) in [5.41, 5.74) is 0.444. The Morgan fingerprint density at radius 1 is 1.25 bits per heavy atom. The third-order valence-corrected chi connectivity index (χ3v) is 6.65. The van der Waals surface area contributed by atoms with Crippen molar-refractivity contribution in [1.29, 1.82) is 0 Å². The molecule has 0 spiro atoms. The first-order chi connectivity index (χ1) is 14.9. The quantitative estimate of drug-likeness (QED) is 0.159. The zero-order valence-electron chi connectivity index (χ0n) is 17.0. The molecule has 174 valence electrons. The van der Waals surface area contributed by atoms with Crippen molar-refractivity contribution in [1.82, 2.24) is 0 Å². The summed E-state index contributed by atoms with van der Waals surface area (Å²) in [6.07, 6.45) is -1.02. The van der Waals surface area contributed by atoms with E-state index in [1.807, 2.05) is 22.6 Å². The van der Waals surface area contributed by atoms with E-state index in [1.54, 1.807) is 12.1 Å². The third-order valence-electron chi connectivity index (χ3n) is 5.03. The molecule has 2 fully saturated rings. The summed E-state index contributed by atoms with van der Waals surface area (Å²) in [7, 11) is -4.22. The Morgan fingerprint density at radius 2 is 1.97 bits per heavy atom. The predicted octanol–water partition coefficient (Wildman–Crippen LogP) is 1.91. The van der Waals surface area contributed by atoms with Crippen molar-refractivity contribution < 1.29 is 46.3 Å². The number of ether oxygens (including phenoxy) is 4. The van der Waals surface area contributed by atoms with Gasteiger partial charge in [-0.05, 0) is 54.1 Å². The Balaban J connectivity index is 1.57. The van der Waals surface area contributed by atoms with Gasteiger partial charge in [-0.2, -0.15) is 8.42 Å². The maximum atomic E-state index is 12.7. The Morgan fingerprint density at radius 3 is 2.56 bits per heavy atom. The molecule has 3 rings (SSSR count). The van der Waals surface area contributed by atoms with Crippen molar-refractivity contribution in [3.63, 3.8) is 0 Å². The number of carbonyl (C=O) groups excluding carboxylic acids is 3. The van der Waals surface area contributed by atoms with E-state index in [-0.39, 0.29) is 29.7 Å². The van der Waals surface area contributed by atoms with Gasteiger partial charge in [0.2, 0.25) is 0 Å². The Labute approximate surface area is 198 Å². The largest absolute Gasteiger partial charge is 0.464 e. The molecule has 1 N–H and O–H groups in total. The first kappa shape index (κ1) is 24.6. The molecule has 0 radical (unpaired) electrons. The molecule has 4 unspecified atom stereocenters. The van der Waals surface area contributed by atoms with Crippen LogP contribution in [0.5, 0.6) is 5.75 Å². The van der Waals surface area contributed by atoms with Crippen LogP contribution in [0.25, 0.3) is 0 Å². The summed E-state index contributed by atoms with van der Waals surface area (Å²) >= 11 is 1.97. The molecule has 1 aromatic carbocycles. The Kier molecular flexibility index (Phi) is 7.57. The van der Waals surface area contributed by atoms with Crippen LogP contribution in [0.3, 0.4) is 0 Å². The van der Waals surface area contributed by atoms with Gasteiger partial charge < -0.3 is 18.9 Å². The fourth-order valence-corrected chi connectivity index (χ4v) is 4.31. The van der Waals surface area contributed by atoms with Gasteiger partial charge in [-0.25, -0.2) is 9.59 Å². The normalized spacial score (nSPS) is 24.1. The second kappa shape index (κ2) is 9.85. The number of rotatable bonds is 8. The highest BCUT2D eigenvalue weighted by molar-refractivity contribution is 14.1. The van der Waals surface area contributed by atoms with Gasteiger partial charge in [0.05, 0.1) is 23.7 Å². The lowest BCUT2D eigenvalue weighted by atomic mass is 9.87. The van der Waals surface area contributed by atoms with Crippen LogP contribution in [0.4, 0.5) is 0 Å². The molecule has 0 aromatic heterocycles. The van der Waals surface area contributed by atoms with E-state index in [4.69, 9.17) is 23.5 Å². The summed E-state index contributed by atoms with van der Waals surface area (Å²) in [6.45, 7) is 4.57. The minimum atomic E-state index is -4.22. The summed E-state index contributed by atoms with van der Waals surface area (Å²) in [6, 6.07) is 4.58. The number of carbonyl (C=O) groups is 3. The Bertz CT molecular complexity index is 1050. The van der Waals surface area contributed by atoms with Crippen LogP contribution >= 0.6 is 22.6 Å². The van der Waals surface area contributed by atoms with Crippen LogP contribution in [0.2, 0.25) is 0 Å². The van der Waals surface area contributed by atoms with Crippen molar-refractivity contribution in [2.45, 2.75) is 38.1 Å². The van der Waals surface area contributed by atoms with Crippen LogP contribution in [0.1, 0.15) is 30.1 Å². The van der Waals surface area contributed by atoms with E-state index >= 15 is 0 Å². The van der Waals surface area contributed by atoms with Crippen LogP contribution in [0.15, 0.2) is 30.4 Å². The lowest BCUT2D eigenvalue weighted by Crippen LogP contribution is -2.36. The van der Waals surface area contributed by atoms with Gasteiger partial charge in [0, 0.05) is 15.6 Å². The molecule has 1 aromatic rings. The summed E-state index contributed by atoms with van der Waals surface area (Å²) in [5.74, 6) is -2.94. The highest BCUT2D eigenvalue weighted by Gasteiger charge is 2.52. The molecule has 2 aliphatic rings. The minimum absolute atomic E-state index is 0.183. The number of halogens is 1. The van der Waals surface area contributed by atoms with Gasteiger partial charge in [-0.15, -0.1) is 0 Å². The van der Waals surface area contributed by atoms with Crippen LogP contribution in [0, 0.1) is 9.49 Å². The third kappa shape index (κ3) is 6.05. The van der Waals surface area contributed by atoms with Crippen molar-refractivity contribution in [2.75, 3.05) is 12.4 Å². The topological polar surface area (TPSA) is 142 Å².